The highest BCUT2D eigenvalue weighted by Crippen LogP contribution is 2.36. The van der Waals surface area contributed by atoms with Gasteiger partial charge in [-0.25, -0.2) is 4.98 Å². The summed E-state index contributed by atoms with van der Waals surface area (Å²) in [5, 5.41) is 9.24. The van der Waals surface area contributed by atoms with E-state index < -0.39 is 5.97 Å². The lowest BCUT2D eigenvalue weighted by molar-refractivity contribution is -0.137. The number of carboxylic acid groups (broad SMARTS) is 1. The lowest BCUT2D eigenvalue weighted by atomic mass is 9.94. The van der Waals surface area contributed by atoms with Gasteiger partial charge in [0.15, 0.2) is 0 Å². The zero-order valence-electron chi connectivity index (χ0n) is 17.0. The maximum absolute atomic E-state index is 11.2. The van der Waals surface area contributed by atoms with Crippen molar-refractivity contribution < 1.29 is 9.90 Å². The van der Waals surface area contributed by atoms with Gasteiger partial charge in [0.1, 0.15) is 0 Å². The lowest BCUT2D eigenvalue weighted by Crippen LogP contribution is -2.04. The second-order valence-electron chi connectivity index (χ2n) is 8.52. The van der Waals surface area contributed by atoms with Gasteiger partial charge in [-0.3, -0.25) is 9.78 Å². The van der Waals surface area contributed by atoms with Crippen LogP contribution in [0.5, 0.6) is 0 Å². The molecule has 6 rings (SSSR count). The zero-order chi connectivity index (χ0) is 20.9. The number of hydrogen-bond donors (Lipinski definition) is 3. The summed E-state index contributed by atoms with van der Waals surface area (Å²) in [5.74, 6) is -0.621. The molecule has 2 aliphatic heterocycles. The van der Waals surface area contributed by atoms with Crippen molar-refractivity contribution >= 4 is 40.2 Å². The Morgan fingerprint density at radius 1 is 0.968 bits per heavy atom. The van der Waals surface area contributed by atoms with Crippen molar-refractivity contribution in [1.29, 1.82) is 0 Å². The molecule has 6 heteroatoms. The normalized spacial score (nSPS) is 16.7. The van der Waals surface area contributed by atoms with E-state index in [1.54, 1.807) is 0 Å². The van der Waals surface area contributed by atoms with Gasteiger partial charge in [-0.1, -0.05) is 0 Å². The summed E-state index contributed by atoms with van der Waals surface area (Å²) >= 11 is 0. The second kappa shape index (κ2) is 6.94. The van der Waals surface area contributed by atoms with E-state index in [0.29, 0.717) is 6.42 Å². The van der Waals surface area contributed by atoms with Crippen molar-refractivity contribution in [3.05, 3.63) is 70.3 Å². The van der Waals surface area contributed by atoms with Crippen LogP contribution in [0.3, 0.4) is 0 Å². The Morgan fingerprint density at radius 3 is 2.55 bits per heavy atom. The molecule has 6 nitrogen and oxygen atoms in total. The highest BCUT2D eigenvalue weighted by Gasteiger charge is 2.27. The maximum atomic E-state index is 11.2. The van der Waals surface area contributed by atoms with Crippen LogP contribution in [-0.2, 0) is 24.1 Å². The molecule has 1 aliphatic carbocycles. The lowest BCUT2D eigenvalue weighted by Gasteiger charge is -2.10. The van der Waals surface area contributed by atoms with Crippen LogP contribution in [0.1, 0.15) is 52.7 Å². The molecule has 1 unspecified atom stereocenters. The molecule has 0 aromatic carbocycles. The molecule has 154 valence electrons. The van der Waals surface area contributed by atoms with Gasteiger partial charge in [-0.2, -0.15) is 0 Å². The minimum absolute atomic E-state index is 0.134. The minimum Gasteiger partial charge on any atom is -0.481 e. The number of aromatic amines is 2. The molecule has 0 amide bonds. The molecule has 0 saturated carbocycles. The molecular formula is C25H22N4O2. The van der Waals surface area contributed by atoms with Crippen LogP contribution in [-0.4, -0.2) is 31.0 Å². The third kappa shape index (κ3) is 3.34. The fraction of sp³-hybridized carbons (Fsp3) is 0.240. The van der Waals surface area contributed by atoms with Crippen LogP contribution in [0, 0.1) is 0 Å². The standard InChI is InChI=1S/C25H22N4O2/c30-23(31)8-2-15-10-21-13-19-6-4-17(27-19)11-16-3-5-18(26-16)12-20-9-14-1-7-22(24(14)28-20)25(15)29-21/h3-6,9,11-13,15,27-28H,1-2,7-8,10H2,(H,30,31). The molecule has 3 aliphatic rings. The fourth-order valence-electron chi connectivity index (χ4n) is 4.94. The Bertz CT molecular complexity index is 1410. The number of carboxylic acids is 1. The molecule has 3 aromatic rings. The number of fused-ring (bicyclic) bond motifs is 8. The van der Waals surface area contributed by atoms with Gasteiger partial charge in [0.2, 0.25) is 0 Å². The van der Waals surface area contributed by atoms with E-state index in [9.17, 15) is 9.90 Å². The average molecular weight is 410 g/mol. The summed E-state index contributed by atoms with van der Waals surface area (Å²) in [6.07, 6.45) is 7.51. The summed E-state index contributed by atoms with van der Waals surface area (Å²) in [5.41, 5.74) is 10.6. The van der Waals surface area contributed by atoms with E-state index >= 15 is 0 Å². The molecule has 0 radical (unpaired) electrons. The van der Waals surface area contributed by atoms with Gasteiger partial charge < -0.3 is 15.1 Å². The predicted molar refractivity (Wildman–Crippen MR) is 121 cm³/mol. The minimum atomic E-state index is -0.755. The molecule has 3 aromatic heterocycles. The smallest absolute Gasteiger partial charge is 0.303 e. The van der Waals surface area contributed by atoms with E-state index in [2.05, 4.69) is 28.2 Å². The molecule has 5 heterocycles. The number of aliphatic carboxylic acids is 1. The highest BCUT2D eigenvalue weighted by molar-refractivity contribution is 5.77. The number of rotatable bonds is 3. The van der Waals surface area contributed by atoms with Gasteiger partial charge in [0.05, 0.1) is 11.4 Å². The molecule has 31 heavy (non-hydrogen) atoms. The molecule has 8 bridgehead atoms. The number of nitrogens with zero attached hydrogens (tertiary/aromatic N) is 2. The van der Waals surface area contributed by atoms with Crippen molar-refractivity contribution in [2.75, 3.05) is 0 Å². The van der Waals surface area contributed by atoms with E-state index in [0.717, 1.165) is 64.1 Å². The zero-order valence-corrected chi connectivity index (χ0v) is 17.0. The van der Waals surface area contributed by atoms with Crippen molar-refractivity contribution in [2.24, 2.45) is 0 Å². The predicted octanol–water partition coefficient (Wildman–Crippen LogP) is 4.77. The first kappa shape index (κ1) is 18.1. The fourth-order valence-corrected chi connectivity index (χ4v) is 4.94. The van der Waals surface area contributed by atoms with Crippen molar-refractivity contribution in [2.45, 2.75) is 38.0 Å². The van der Waals surface area contributed by atoms with Gasteiger partial charge in [-0.05, 0) is 85.4 Å². The van der Waals surface area contributed by atoms with Crippen LogP contribution in [0.15, 0.2) is 36.4 Å². The molecule has 0 spiro atoms. The second-order valence-corrected chi connectivity index (χ2v) is 8.52. The van der Waals surface area contributed by atoms with E-state index in [4.69, 9.17) is 9.97 Å². The highest BCUT2D eigenvalue weighted by atomic mass is 16.4. The van der Waals surface area contributed by atoms with Crippen molar-refractivity contribution in [1.82, 2.24) is 19.9 Å². The molecule has 3 N–H and O–H groups in total. The van der Waals surface area contributed by atoms with Crippen LogP contribution in [0.2, 0.25) is 0 Å². The van der Waals surface area contributed by atoms with Gasteiger partial charge >= 0.3 is 5.97 Å². The summed E-state index contributed by atoms with van der Waals surface area (Å²) in [6, 6.07) is 12.5. The third-order valence-corrected chi connectivity index (χ3v) is 6.33. The molecule has 0 saturated heterocycles. The number of aryl methyl sites for hydroxylation is 2. The first-order chi connectivity index (χ1) is 15.1. The van der Waals surface area contributed by atoms with Crippen LogP contribution in [0.4, 0.5) is 0 Å². The van der Waals surface area contributed by atoms with E-state index in [-0.39, 0.29) is 12.3 Å². The number of H-pyrrole nitrogens is 2. The topological polar surface area (TPSA) is 94.7 Å². The van der Waals surface area contributed by atoms with Gasteiger partial charge in [-0.15, -0.1) is 0 Å². The number of aromatic nitrogens is 4. The number of nitrogens with one attached hydrogen (secondary N) is 2. The summed E-state index contributed by atoms with van der Waals surface area (Å²) in [4.78, 5) is 28.0. The Kier molecular flexibility index (Phi) is 4.06. The van der Waals surface area contributed by atoms with Crippen LogP contribution >= 0.6 is 0 Å². The van der Waals surface area contributed by atoms with Crippen LogP contribution < -0.4 is 0 Å². The number of carbonyl (C=O) groups is 1. The van der Waals surface area contributed by atoms with Crippen LogP contribution in [0.25, 0.3) is 34.2 Å². The van der Waals surface area contributed by atoms with Gasteiger partial charge in [0, 0.05) is 45.8 Å². The monoisotopic (exact) mass is 410 g/mol. The summed E-state index contributed by atoms with van der Waals surface area (Å²) < 4.78 is 0. The Morgan fingerprint density at radius 2 is 1.74 bits per heavy atom. The maximum Gasteiger partial charge on any atom is 0.303 e. The first-order valence-electron chi connectivity index (χ1n) is 10.7. The third-order valence-electron chi connectivity index (χ3n) is 6.33. The number of hydrogen-bond acceptors (Lipinski definition) is 3. The van der Waals surface area contributed by atoms with Crippen molar-refractivity contribution in [3.63, 3.8) is 0 Å². The SMILES string of the molecule is O=C(O)CCC1Cc2cc3ccc(cc4nc(cc5cc6c([nH]5)c(c1n2)CC6)C=C4)[nH]3. The summed E-state index contributed by atoms with van der Waals surface area (Å²) in [7, 11) is 0. The molecule has 1 atom stereocenters. The van der Waals surface area contributed by atoms with E-state index in [1.165, 1.54) is 11.1 Å². The summed E-state index contributed by atoms with van der Waals surface area (Å²) in [6.45, 7) is 0. The largest absolute Gasteiger partial charge is 0.481 e. The first-order valence-corrected chi connectivity index (χ1v) is 10.7. The van der Waals surface area contributed by atoms with Crippen molar-refractivity contribution in [3.8, 4) is 0 Å². The Balaban J connectivity index is 1.62. The molecule has 0 fully saturated rings. The average Bonchev–Trinajstić information content (AvgIpc) is 3.51. The Hall–Kier alpha value is -3.67. The molecular weight excluding hydrogens is 388 g/mol. The van der Waals surface area contributed by atoms with E-state index in [1.807, 2.05) is 30.4 Å². The quantitative estimate of drug-likeness (QED) is 0.453. The van der Waals surface area contributed by atoms with Gasteiger partial charge in [0.25, 0.3) is 0 Å². The Labute approximate surface area is 178 Å².